The molecule has 0 saturated heterocycles. The smallest absolute Gasteiger partial charge is 0.293 e. The summed E-state index contributed by atoms with van der Waals surface area (Å²) in [4.78, 5) is 24.7. The summed E-state index contributed by atoms with van der Waals surface area (Å²) in [6.07, 6.45) is 8.33. The van der Waals surface area contributed by atoms with Crippen LogP contribution in [0.5, 0.6) is 0 Å². The summed E-state index contributed by atoms with van der Waals surface area (Å²) in [5.74, 6) is 0.547. The van der Waals surface area contributed by atoms with E-state index in [1.165, 1.54) is 43.4 Å². The Kier molecular flexibility index (Phi) is 9.09. The molecule has 214 valence electrons. The molecule has 1 amide bonds. The van der Waals surface area contributed by atoms with E-state index in [4.69, 9.17) is 0 Å². The highest BCUT2D eigenvalue weighted by molar-refractivity contribution is 7.99. The Morgan fingerprint density at radius 1 is 0.951 bits per heavy atom. The standard InChI is InChI=1S/C31H33N3O5S2/c35-31(24-15-13-23(14-16-24)28-12-6-8-22-7-4-5-11-27(22)28)33-41(38,39)26-17-18-29(30(21-26)34(36)37)32-19-20-40-25-9-2-1-3-10-25/h1-3,9-10,13-18,21-22,32H,4-8,11-12,19-20H2,(H,33,35). The Morgan fingerprint density at radius 2 is 1.71 bits per heavy atom. The van der Waals surface area contributed by atoms with Crippen molar-refractivity contribution >= 4 is 44.6 Å². The molecule has 0 aromatic heterocycles. The van der Waals surface area contributed by atoms with E-state index in [0.29, 0.717) is 18.2 Å². The number of nitrogens with zero attached hydrogens (tertiary/aromatic N) is 1. The minimum atomic E-state index is -4.33. The van der Waals surface area contributed by atoms with Gasteiger partial charge in [0.15, 0.2) is 0 Å². The van der Waals surface area contributed by atoms with Crippen LogP contribution in [0.2, 0.25) is 0 Å². The summed E-state index contributed by atoms with van der Waals surface area (Å²) >= 11 is 1.60. The molecule has 0 radical (unpaired) electrons. The third kappa shape index (κ3) is 7.00. The summed E-state index contributed by atoms with van der Waals surface area (Å²) in [7, 11) is -4.33. The molecule has 2 N–H and O–H groups in total. The Morgan fingerprint density at radius 3 is 2.46 bits per heavy atom. The first-order chi connectivity index (χ1) is 19.8. The molecular formula is C31H33N3O5S2. The lowest BCUT2D eigenvalue weighted by molar-refractivity contribution is -0.384. The molecule has 2 aliphatic carbocycles. The number of carbonyl (C=O) groups is 1. The lowest BCUT2D eigenvalue weighted by Crippen LogP contribution is -2.30. The molecule has 1 fully saturated rings. The van der Waals surface area contributed by atoms with E-state index >= 15 is 0 Å². The van der Waals surface area contributed by atoms with Crippen LogP contribution in [0.3, 0.4) is 0 Å². The van der Waals surface area contributed by atoms with Gasteiger partial charge in [-0.15, -0.1) is 11.8 Å². The van der Waals surface area contributed by atoms with Crippen molar-refractivity contribution in [3.05, 3.63) is 99.6 Å². The number of fused-ring (bicyclic) bond motifs is 1. The van der Waals surface area contributed by atoms with Gasteiger partial charge in [-0.25, -0.2) is 13.1 Å². The molecule has 0 heterocycles. The van der Waals surface area contributed by atoms with Gasteiger partial charge in [0.05, 0.1) is 9.82 Å². The lowest BCUT2D eigenvalue weighted by atomic mass is 9.73. The molecule has 0 spiro atoms. The largest absolute Gasteiger partial charge is 0.379 e. The molecule has 2 aliphatic rings. The van der Waals surface area contributed by atoms with Crippen molar-refractivity contribution in [3.8, 4) is 0 Å². The number of hydrogen-bond donors (Lipinski definition) is 2. The maximum atomic E-state index is 13.0. The second-order valence-corrected chi connectivity index (χ2v) is 13.2. The first kappa shape index (κ1) is 28.9. The number of hydrogen-bond acceptors (Lipinski definition) is 7. The Labute approximate surface area is 244 Å². The van der Waals surface area contributed by atoms with Gasteiger partial charge in [0.1, 0.15) is 5.69 Å². The van der Waals surface area contributed by atoms with Gasteiger partial charge in [-0.3, -0.25) is 14.9 Å². The maximum absolute atomic E-state index is 13.0. The fraction of sp³-hybridized carbons (Fsp3) is 0.323. The number of carbonyl (C=O) groups excluding carboxylic acids is 1. The van der Waals surface area contributed by atoms with Crippen molar-refractivity contribution in [2.45, 2.75) is 54.7 Å². The summed E-state index contributed by atoms with van der Waals surface area (Å²) in [6.45, 7) is 0.443. The Bertz CT molecular complexity index is 1550. The number of nitro groups is 1. The third-order valence-electron chi connectivity index (χ3n) is 7.74. The molecule has 10 heteroatoms. The van der Waals surface area contributed by atoms with E-state index in [0.717, 1.165) is 35.8 Å². The van der Waals surface area contributed by atoms with Crippen LogP contribution in [0.25, 0.3) is 5.57 Å². The van der Waals surface area contributed by atoms with Crippen LogP contribution in [-0.4, -0.2) is 31.5 Å². The van der Waals surface area contributed by atoms with Crippen molar-refractivity contribution in [2.24, 2.45) is 5.92 Å². The minimum Gasteiger partial charge on any atom is -0.379 e. The van der Waals surface area contributed by atoms with Gasteiger partial charge < -0.3 is 5.32 Å². The number of benzene rings is 3. The van der Waals surface area contributed by atoms with Crippen LogP contribution in [0.4, 0.5) is 11.4 Å². The second-order valence-electron chi connectivity index (χ2n) is 10.4. The van der Waals surface area contributed by atoms with Crippen molar-refractivity contribution < 1.29 is 18.1 Å². The predicted octanol–water partition coefficient (Wildman–Crippen LogP) is 7.05. The Balaban J connectivity index is 1.25. The van der Waals surface area contributed by atoms with Crippen molar-refractivity contribution in [3.63, 3.8) is 0 Å². The predicted molar refractivity (Wildman–Crippen MR) is 163 cm³/mol. The zero-order chi connectivity index (χ0) is 28.8. The van der Waals surface area contributed by atoms with E-state index in [1.54, 1.807) is 29.5 Å². The molecule has 3 aromatic rings. The summed E-state index contributed by atoms with van der Waals surface area (Å²) < 4.78 is 28.1. The molecule has 1 unspecified atom stereocenters. The second kappa shape index (κ2) is 12.9. The van der Waals surface area contributed by atoms with Crippen LogP contribution in [-0.2, 0) is 10.0 Å². The molecule has 8 nitrogen and oxygen atoms in total. The van der Waals surface area contributed by atoms with Gasteiger partial charge in [0, 0.05) is 28.8 Å². The molecule has 41 heavy (non-hydrogen) atoms. The normalized spacial score (nSPS) is 17.0. The number of sulfonamides is 1. The number of thioether (sulfide) groups is 1. The first-order valence-electron chi connectivity index (χ1n) is 13.9. The zero-order valence-corrected chi connectivity index (χ0v) is 24.3. The summed E-state index contributed by atoms with van der Waals surface area (Å²) in [5, 5.41) is 14.7. The molecule has 1 saturated carbocycles. The number of amides is 1. The topological polar surface area (TPSA) is 118 Å². The van der Waals surface area contributed by atoms with E-state index in [1.807, 2.05) is 42.5 Å². The van der Waals surface area contributed by atoms with Gasteiger partial charge in [-0.05, 0) is 92.0 Å². The van der Waals surface area contributed by atoms with E-state index < -0.39 is 20.9 Å². The van der Waals surface area contributed by atoms with Crippen LogP contribution in [0.15, 0.2) is 88.2 Å². The van der Waals surface area contributed by atoms with Gasteiger partial charge in [0.2, 0.25) is 0 Å². The number of allylic oxidation sites excluding steroid dienone is 2. The van der Waals surface area contributed by atoms with Gasteiger partial charge in [0.25, 0.3) is 21.6 Å². The van der Waals surface area contributed by atoms with Crippen LogP contribution in [0, 0.1) is 16.0 Å². The van der Waals surface area contributed by atoms with Crippen LogP contribution >= 0.6 is 11.8 Å². The van der Waals surface area contributed by atoms with Crippen LogP contribution in [0.1, 0.15) is 60.9 Å². The monoisotopic (exact) mass is 591 g/mol. The average molecular weight is 592 g/mol. The minimum absolute atomic E-state index is 0.211. The van der Waals surface area contributed by atoms with Gasteiger partial charge in [-0.1, -0.05) is 42.3 Å². The molecule has 0 aliphatic heterocycles. The molecule has 0 bridgehead atoms. The van der Waals surface area contributed by atoms with E-state index in [2.05, 4.69) is 10.0 Å². The SMILES string of the molecule is O=C(NS(=O)(=O)c1ccc(NCCSc2ccccc2)c([N+](=O)[O-])c1)c1ccc(C2=C3CCCCC3CCC2)cc1. The fourth-order valence-corrected chi connectivity index (χ4v) is 7.51. The summed E-state index contributed by atoms with van der Waals surface area (Å²) in [6, 6.07) is 20.4. The number of anilines is 1. The zero-order valence-electron chi connectivity index (χ0n) is 22.7. The van der Waals surface area contributed by atoms with Crippen molar-refractivity contribution in [2.75, 3.05) is 17.6 Å². The van der Waals surface area contributed by atoms with Gasteiger partial charge >= 0.3 is 0 Å². The number of rotatable bonds is 10. The van der Waals surface area contributed by atoms with Crippen molar-refractivity contribution in [1.29, 1.82) is 0 Å². The molecular weight excluding hydrogens is 558 g/mol. The average Bonchev–Trinajstić information content (AvgIpc) is 2.99. The molecule has 1 atom stereocenters. The maximum Gasteiger partial charge on any atom is 0.293 e. The Hall–Kier alpha value is -3.63. The lowest BCUT2D eigenvalue weighted by Gasteiger charge is -2.32. The summed E-state index contributed by atoms with van der Waals surface area (Å²) in [5.41, 5.74) is 4.06. The molecule has 3 aromatic carbocycles. The molecule has 5 rings (SSSR count). The van der Waals surface area contributed by atoms with E-state index in [-0.39, 0.29) is 21.8 Å². The fourth-order valence-electron chi connectivity index (χ4n) is 5.73. The highest BCUT2D eigenvalue weighted by atomic mass is 32.2. The highest BCUT2D eigenvalue weighted by Gasteiger charge is 2.27. The van der Waals surface area contributed by atoms with Crippen molar-refractivity contribution in [1.82, 2.24) is 4.72 Å². The highest BCUT2D eigenvalue weighted by Crippen LogP contribution is 2.43. The van der Waals surface area contributed by atoms with Crippen LogP contribution < -0.4 is 10.0 Å². The quantitative estimate of drug-likeness (QED) is 0.112. The number of nitro benzene ring substituents is 1. The first-order valence-corrected chi connectivity index (χ1v) is 16.4. The van der Waals surface area contributed by atoms with Gasteiger partial charge in [-0.2, -0.15) is 0 Å². The number of nitrogens with one attached hydrogen (secondary N) is 2. The third-order valence-corrected chi connectivity index (χ3v) is 10.1. The van der Waals surface area contributed by atoms with E-state index in [9.17, 15) is 23.3 Å².